The van der Waals surface area contributed by atoms with Crippen molar-refractivity contribution in [3.05, 3.63) is 35.9 Å². The lowest BCUT2D eigenvalue weighted by atomic mass is 10.0. The van der Waals surface area contributed by atoms with Gasteiger partial charge in [0.05, 0.1) is 18.9 Å². The van der Waals surface area contributed by atoms with Gasteiger partial charge in [-0.3, -0.25) is 4.79 Å². The van der Waals surface area contributed by atoms with Crippen LogP contribution in [0.4, 0.5) is 19.0 Å². The van der Waals surface area contributed by atoms with Crippen LogP contribution in [0, 0.1) is 0 Å². The molecule has 10 heteroatoms. The fourth-order valence-electron chi connectivity index (χ4n) is 2.95. The van der Waals surface area contributed by atoms with Crippen molar-refractivity contribution in [1.82, 2.24) is 15.1 Å². The monoisotopic (exact) mass is 372 g/mol. The van der Waals surface area contributed by atoms with Gasteiger partial charge in [0.1, 0.15) is 11.6 Å². The van der Waals surface area contributed by atoms with Gasteiger partial charge in [-0.1, -0.05) is 0 Å². The molecule has 0 bridgehead atoms. The largest absolute Gasteiger partial charge is 0.467 e. The molecule has 0 aliphatic carbocycles. The smallest absolute Gasteiger partial charge is 0.410 e. The van der Waals surface area contributed by atoms with E-state index in [1.165, 1.54) is 19.4 Å². The van der Waals surface area contributed by atoms with E-state index < -0.39 is 24.2 Å². The van der Waals surface area contributed by atoms with Crippen molar-refractivity contribution in [3.8, 4) is 0 Å². The van der Waals surface area contributed by atoms with E-state index in [0.29, 0.717) is 5.76 Å². The number of halogens is 3. The summed E-state index contributed by atoms with van der Waals surface area (Å²) in [7, 11) is 1.49. The van der Waals surface area contributed by atoms with Crippen molar-refractivity contribution in [2.75, 3.05) is 19.0 Å². The molecule has 1 aliphatic rings. The molecule has 3 rings (SSSR count). The summed E-state index contributed by atoms with van der Waals surface area (Å²) >= 11 is 0. The molecule has 0 saturated heterocycles. The number of hydrogen-bond donors (Lipinski definition) is 2. The van der Waals surface area contributed by atoms with E-state index in [1.807, 2.05) is 0 Å². The Balaban J connectivity index is 1.88. The van der Waals surface area contributed by atoms with E-state index >= 15 is 0 Å². The van der Waals surface area contributed by atoms with Crippen molar-refractivity contribution in [1.29, 1.82) is 0 Å². The average Bonchev–Trinajstić information content (AvgIpc) is 3.22. The zero-order valence-electron chi connectivity index (χ0n) is 14.2. The molecule has 3 atom stereocenters. The van der Waals surface area contributed by atoms with Crippen LogP contribution in [0.15, 0.2) is 28.9 Å². The predicted molar refractivity (Wildman–Crippen MR) is 85.8 cm³/mol. The Hall–Kier alpha value is -2.49. The topological polar surface area (TPSA) is 81.3 Å². The summed E-state index contributed by atoms with van der Waals surface area (Å²) in [4.78, 5) is 12.2. The molecule has 2 aromatic rings. The van der Waals surface area contributed by atoms with Crippen LogP contribution in [0.25, 0.3) is 0 Å². The molecule has 142 valence electrons. The Bertz CT molecular complexity index is 757. The Morgan fingerprint density at radius 2 is 2.35 bits per heavy atom. The van der Waals surface area contributed by atoms with E-state index in [9.17, 15) is 18.0 Å². The van der Waals surface area contributed by atoms with E-state index in [4.69, 9.17) is 9.15 Å². The van der Waals surface area contributed by atoms with Crippen LogP contribution in [0.2, 0.25) is 0 Å². The lowest BCUT2D eigenvalue weighted by Gasteiger charge is -2.32. The molecular formula is C16H19F3N4O3. The molecule has 26 heavy (non-hydrogen) atoms. The summed E-state index contributed by atoms with van der Waals surface area (Å²) in [6.45, 7) is 2.00. The minimum absolute atomic E-state index is 0.0928. The molecule has 3 heterocycles. The summed E-state index contributed by atoms with van der Waals surface area (Å²) in [6, 6.07) is 1.71. The quantitative estimate of drug-likeness (QED) is 0.844. The number of carbonyl (C=O) groups is 1. The molecule has 7 nitrogen and oxygen atoms in total. The van der Waals surface area contributed by atoms with Crippen molar-refractivity contribution >= 4 is 11.7 Å². The number of ether oxygens (including phenoxy) is 1. The first-order valence-corrected chi connectivity index (χ1v) is 8.05. The molecule has 2 N–H and O–H groups in total. The second-order valence-corrected chi connectivity index (χ2v) is 6.19. The highest BCUT2D eigenvalue weighted by atomic mass is 19.4. The third-order valence-corrected chi connectivity index (χ3v) is 4.10. The highest BCUT2D eigenvalue weighted by Gasteiger charge is 2.47. The fraction of sp³-hybridized carbons (Fsp3) is 0.500. The van der Waals surface area contributed by atoms with E-state index in [2.05, 4.69) is 15.7 Å². The number of hydrogen-bond acceptors (Lipinski definition) is 5. The normalized spacial score (nSPS) is 21.0. The molecule has 0 spiro atoms. The number of aromatic nitrogens is 2. The molecule has 1 aliphatic heterocycles. The minimum Gasteiger partial charge on any atom is -0.467 e. The van der Waals surface area contributed by atoms with Crippen molar-refractivity contribution in [3.63, 3.8) is 0 Å². The van der Waals surface area contributed by atoms with Crippen LogP contribution in [0.1, 0.15) is 41.7 Å². The highest BCUT2D eigenvalue weighted by Crippen LogP contribution is 2.43. The van der Waals surface area contributed by atoms with Gasteiger partial charge in [0.15, 0.2) is 11.7 Å². The molecular weight excluding hydrogens is 353 g/mol. The third kappa shape index (κ3) is 3.69. The molecule has 0 saturated carbocycles. The maximum Gasteiger partial charge on any atom is 0.410 e. The number of alkyl halides is 3. The summed E-state index contributed by atoms with van der Waals surface area (Å²) in [5.74, 6) is -0.0512. The van der Waals surface area contributed by atoms with Gasteiger partial charge < -0.3 is 19.8 Å². The first-order chi connectivity index (χ1) is 12.3. The average molecular weight is 372 g/mol. The predicted octanol–water partition coefficient (Wildman–Crippen LogP) is 2.90. The summed E-state index contributed by atoms with van der Waals surface area (Å²) in [5, 5.41) is 9.47. The first kappa shape index (κ1) is 18.3. The molecule has 0 fully saturated rings. The van der Waals surface area contributed by atoms with Gasteiger partial charge in [0.25, 0.3) is 5.91 Å². The zero-order valence-corrected chi connectivity index (χ0v) is 14.2. The molecule has 2 aromatic heterocycles. The number of nitrogens with one attached hydrogen (secondary N) is 2. The maximum atomic E-state index is 13.5. The minimum atomic E-state index is -4.51. The number of carbonyl (C=O) groups excluding carboxylic acids is 1. The number of fused-ring (bicyclic) bond motifs is 1. The van der Waals surface area contributed by atoms with Crippen LogP contribution in [0.5, 0.6) is 0 Å². The zero-order chi connectivity index (χ0) is 18.9. The lowest BCUT2D eigenvalue weighted by Crippen LogP contribution is -2.37. The molecule has 1 amide bonds. The molecule has 0 unspecified atom stereocenters. The Labute approximate surface area is 147 Å². The molecule has 0 aromatic carbocycles. The van der Waals surface area contributed by atoms with Gasteiger partial charge in [-0.2, -0.15) is 18.3 Å². The fourth-order valence-corrected chi connectivity index (χ4v) is 2.95. The number of methoxy groups -OCH3 is 1. The number of amides is 1. The SMILES string of the molecule is COC[C@H](C)NC(=O)c1cc2n(n1)[C@H](C(F)(F)F)C[C@@H](c1ccco1)N2. The Kier molecular flexibility index (Phi) is 4.94. The third-order valence-electron chi connectivity index (χ3n) is 4.10. The van der Waals surface area contributed by atoms with Crippen LogP contribution in [-0.2, 0) is 4.74 Å². The number of rotatable bonds is 5. The number of furan rings is 1. The lowest BCUT2D eigenvalue weighted by molar-refractivity contribution is -0.174. The Morgan fingerprint density at radius 1 is 1.58 bits per heavy atom. The van der Waals surface area contributed by atoms with Gasteiger partial charge in [0, 0.05) is 25.6 Å². The first-order valence-electron chi connectivity index (χ1n) is 8.05. The van der Waals surface area contributed by atoms with Crippen LogP contribution >= 0.6 is 0 Å². The van der Waals surface area contributed by atoms with Gasteiger partial charge in [-0.15, -0.1) is 0 Å². The van der Waals surface area contributed by atoms with E-state index in [0.717, 1.165) is 4.68 Å². The number of nitrogens with zero attached hydrogens (tertiary/aromatic N) is 2. The second kappa shape index (κ2) is 7.02. The van der Waals surface area contributed by atoms with Crippen LogP contribution in [0.3, 0.4) is 0 Å². The Morgan fingerprint density at radius 3 is 2.96 bits per heavy atom. The van der Waals surface area contributed by atoms with Crippen molar-refractivity contribution in [2.45, 2.75) is 37.6 Å². The summed E-state index contributed by atoms with van der Waals surface area (Å²) in [5.41, 5.74) is -0.0928. The second-order valence-electron chi connectivity index (χ2n) is 6.19. The van der Waals surface area contributed by atoms with Crippen LogP contribution < -0.4 is 10.6 Å². The van der Waals surface area contributed by atoms with Crippen molar-refractivity contribution in [2.24, 2.45) is 0 Å². The highest BCUT2D eigenvalue weighted by molar-refractivity contribution is 5.93. The van der Waals surface area contributed by atoms with Gasteiger partial charge >= 0.3 is 6.18 Å². The van der Waals surface area contributed by atoms with Gasteiger partial charge in [-0.05, 0) is 19.1 Å². The summed E-state index contributed by atoms with van der Waals surface area (Å²) in [6.07, 6.45) is -3.39. The number of anilines is 1. The van der Waals surface area contributed by atoms with Crippen molar-refractivity contribution < 1.29 is 27.1 Å². The molecule has 0 radical (unpaired) electrons. The maximum absolute atomic E-state index is 13.5. The van der Waals surface area contributed by atoms with Crippen LogP contribution in [-0.4, -0.2) is 41.6 Å². The van der Waals surface area contributed by atoms with E-state index in [-0.39, 0.29) is 30.6 Å². The van der Waals surface area contributed by atoms with Gasteiger partial charge in [-0.25, -0.2) is 4.68 Å². The summed E-state index contributed by atoms with van der Waals surface area (Å²) < 4.78 is 51.5. The van der Waals surface area contributed by atoms with E-state index in [1.54, 1.807) is 19.1 Å². The standard InChI is InChI=1S/C16H19F3N4O3/c1-9(8-25-2)20-15(24)11-7-14-21-10(12-4-3-5-26-12)6-13(16(17,18)19)23(14)22-11/h3-5,7,9-10,13,21H,6,8H2,1-2H3,(H,20,24)/t9-,10-,13-/m0/s1. The van der Waals surface area contributed by atoms with Gasteiger partial charge in [0.2, 0.25) is 0 Å².